The van der Waals surface area contributed by atoms with Crippen molar-refractivity contribution < 1.29 is 23.9 Å². The van der Waals surface area contributed by atoms with E-state index in [1.165, 1.54) is 0 Å². The number of urea groups is 1. The first kappa shape index (κ1) is 18.5. The molecule has 3 fully saturated rings. The van der Waals surface area contributed by atoms with E-state index >= 15 is 0 Å². The molecule has 4 rings (SSSR count). The quantitative estimate of drug-likeness (QED) is 0.591. The maximum Gasteiger partial charge on any atom is 0.344 e. The van der Waals surface area contributed by atoms with E-state index in [0.29, 0.717) is 30.7 Å². The number of carbonyl (C=O) groups excluding carboxylic acids is 4. The molecule has 0 bridgehead atoms. The number of rotatable bonds is 5. The molecule has 1 aromatic carbocycles. The Balaban J connectivity index is 1.33. The Morgan fingerprint density at radius 1 is 1.04 bits per heavy atom. The van der Waals surface area contributed by atoms with Crippen LogP contribution in [0.4, 0.5) is 4.79 Å². The van der Waals surface area contributed by atoms with E-state index in [1.807, 2.05) is 30.3 Å². The lowest BCUT2D eigenvalue weighted by Crippen LogP contribution is -2.51. The Morgan fingerprint density at radius 3 is 2.36 bits per heavy atom. The molecule has 0 aromatic heterocycles. The lowest BCUT2D eigenvalue weighted by Gasteiger charge is -2.30. The number of nitrogens with zero attached hydrogens (tertiary/aromatic N) is 1. The van der Waals surface area contributed by atoms with Crippen molar-refractivity contribution in [1.82, 2.24) is 15.8 Å². The summed E-state index contributed by atoms with van der Waals surface area (Å²) in [6.45, 7) is -0.544. The Labute approximate surface area is 162 Å². The van der Waals surface area contributed by atoms with Gasteiger partial charge in [0.05, 0.1) is 5.41 Å². The summed E-state index contributed by atoms with van der Waals surface area (Å²) in [5, 5.41) is 3.42. The number of hydrazine groups is 1. The van der Waals surface area contributed by atoms with Crippen LogP contribution in [-0.4, -0.2) is 41.0 Å². The van der Waals surface area contributed by atoms with Crippen LogP contribution in [-0.2, 0) is 24.5 Å². The number of nitrogens with one attached hydrogen (secondary N) is 2. The molecule has 2 N–H and O–H groups in total. The Morgan fingerprint density at radius 2 is 1.71 bits per heavy atom. The molecule has 1 aliphatic heterocycles. The van der Waals surface area contributed by atoms with Gasteiger partial charge in [-0.05, 0) is 31.2 Å². The maximum atomic E-state index is 12.6. The summed E-state index contributed by atoms with van der Waals surface area (Å²) in [5.74, 6) is -1.62. The summed E-state index contributed by atoms with van der Waals surface area (Å²) >= 11 is 0. The van der Waals surface area contributed by atoms with Crippen molar-refractivity contribution in [2.24, 2.45) is 0 Å². The highest BCUT2D eigenvalue weighted by atomic mass is 16.5. The first-order chi connectivity index (χ1) is 13.5. The summed E-state index contributed by atoms with van der Waals surface area (Å²) in [4.78, 5) is 49.5. The molecule has 148 valence electrons. The van der Waals surface area contributed by atoms with Crippen LogP contribution in [0.3, 0.4) is 0 Å². The first-order valence-electron chi connectivity index (χ1n) is 9.66. The number of carbonyl (C=O) groups is 4. The second kappa shape index (κ2) is 6.92. The number of benzene rings is 1. The average molecular weight is 385 g/mol. The van der Waals surface area contributed by atoms with Gasteiger partial charge in [0.2, 0.25) is 0 Å². The largest absolute Gasteiger partial charge is 0.455 e. The number of amides is 4. The molecule has 2 aliphatic carbocycles. The molecule has 2 saturated carbocycles. The van der Waals surface area contributed by atoms with Gasteiger partial charge < -0.3 is 10.1 Å². The maximum absolute atomic E-state index is 12.6. The molecule has 28 heavy (non-hydrogen) atoms. The zero-order valence-corrected chi connectivity index (χ0v) is 15.5. The van der Waals surface area contributed by atoms with E-state index in [9.17, 15) is 19.2 Å². The molecule has 1 spiro atoms. The first-order valence-corrected chi connectivity index (χ1v) is 9.66. The molecule has 1 aromatic rings. The second-order valence-corrected chi connectivity index (χ2v) is 7.77. The molecule has 8 heteroatoms. The highest BCUT2D eigenvalue weighted by Crippen LogP contribution is 2.49. The topological polar surface area (TPSA) is 105 Å². The molecule has 8 nitrogen and oxygen atoms in total. The van der Waals surface area contributed by atoms with Gasteiger partial charge in [-0.3, -0.25) is 19.8 Å². The van der Waals surface area contributed by atoms with Gasteiger partial charge in [-0.15, -0.1) is 0 Å². The van der Waals surface area contributed by atoms with Crippen molar-refractivity contribution in [3.8, 4) is 0 Å². The zero-order chi connectivity index (χ0) is 19.8. The Hall–Kier alpha value is -2.90. The summed E-state index contributed by atoms with van der Waals surface area (Å²) < 4.78 is 5.18. The normalized spacial score (nSPS) is 21.9. The fraction of sp³-hybridized carbons (Fsp3) is 0.500. The van der Waals surface area contributed by atoms with E-state index in [-0.39, 0.29) is 0 Å². The van der Waals surface area contributed by atoms with Crippen LogP contribution in [0.15, 0.2) is 30.3 Å². The highest BCUT2D eigenvalue weighted by Gasteiger charge is 2.54. The van der Waals surface area contributed by atoms with Crippen LogP contribution >= 0.6 is 0 Å². The number of imide groups is 1. The zero-order valence-electron chi connectivity index (χ0n) is 15.5. The molecule has 3 aliphatic rings. The van der Waals surface area contributed by atoms with Crippen molar-refractivity contribution >= 4 is 23.8 Å². The Bertz CT molecular complexity index is 812. The molecule has 1 saturated heterocycles. The molecule has 0 unspecified atom stereocenters. The van der Waals surface area contributed by atoms with Crippen LogP contribution in [0.25, 0.3) is 0 Å². The van der Waals surface area contributed by atoms with Crippen LogP contribution in [0, 0.1) is 0 Å². The summed E-state index contributed by atoms with van der Waals surface area (Å²) in [6.07, 6.45) is 5.22. The second-order valence-electron chi connectivity index (χ2n) is 7.77. The predicted molar refractivity (Wildman–Crippen MR) is 97.6 cm³/mol. The minimum absolute atomic E-state index is 0.445. The van der Waals surface area contributed by atoms with Gasteiger partial charge >= 0.3 is 12.0 Å². The van der Waals surface area contributed by atoms with Gasteiger partial charge in [0.15, 0.2) is 6.61 Å². The van der Waals surface area contributed by atoms with Gasteiger partial charge in [0, 0.05) is 0 Å². The number of ether oxygens (including phenoxy) is 1. The van der Waals surface area contributed by atoms with Crippen molar-refractivity contribution in [2.75, 3.05) is 6.61 Å². The monoisotopic (exact) mass is 385 g/mol. The van der Waals surface area contributed by atoms with E-state index in [2.05, 4.69) is 10.7 Å². The number of hydrogen-bond donors (Lipinski definition) is 2. The third-order valence-electron chi connectivity index (χ3n) is 5.91. The standard InChI is InChI=1S/C20H23N3O5/c24-15(13-28-17(26)19(11-12-19)14-7-3-1-4-8-14)22-23-16(25)20(21-18(23)27)9-5-2-6-10-20/h1,3-4,7-8H,2,5-6,9-13H2,(H,21,27)(H,22,24). The minimum atomic E-state index is -0.912. The van der Waals surface area contributed by atoms with Gasteiger partial charge in [0.1, 0.15) is 5.54 Å². The smallest absolute Gasteiger partial charge is 0.344 e. The van der Waals surface area contributed by atoms with Crippen molar-refractivity contribution in [3.63, 3.8) is 0 Å². The van der Waals surface area contributed by atoms with Gasteiger partial charge in [-0.25, -0.2) is 4.79 Å². The van der Waals surface area contributed by atoms with Crippen LogP contribution < -0.4 is 10.7 Å². The van der Waals surface area contributed by atoms with Crippen molar-refractivity contribution in [2.45, 2.75) is 55.9 Å². The SMILES string of the molecule is O=C(COC(=O)C1(c2ccccc2)CC1)NN1C(=O)NC2(CCCCC2)C1=O. The molecular weight excluding hydrogens is 362 g/mol. The average Bonchev–Trinajstić information content (AvgIpc) is 3.49. The molecule has 1 heterocycles. The summed E-state index contributed by atoms with van der Waals surface area (Å²) in [5.41, 5.74) is 1.54. The summed E-state index contributed by atoms with van der Waals surface area (Å²) in [7, 11) is 0. The third kappa shape index (κ3) is 3.12. The molecule has 0 radical (unpaired) electrons. The minimum Gasteiger partial charge on any atom is -0.455 e. The van der Waals surface area contributed by atoms with Crippen LogP contribution in [0.5, 0.6) is 0 Å². The van der Waals surface area contributed by atoms with Crippen molar-refractivity contribution in [1.29, 1.82) is 0 Å². The third-order valence-corrected chi connectivity index (χ3v) is 5.91. The van der Waals surface area contributed by atoms with E-state index in [4.69, 9.17) is 4.74 Å². The molecular formula is C20H23N3O5. The fourth-order valence-corrected chi connectivity index (χ4v) is 4.14. The van der Waals surface area contributed by atoms with Crippen LogP contribution in [0.2, 0.25) is 0 Å². The van der Waals surface area contributed by atoms with E-state index < -0.39 is 41.4 Å². The van der Waals surface area contributed by atoms with Crippen molar-refractivity contribution in [3.05, 3.63) is 35.9 Å². The number of hydrogen-bond acceptors (Lipinski definition) is 5. The van der Waals surface area contributed by atoms with Gasteiger partial charge in [0.25, 0.3) is 11.8 Å². The lowest BCUT2D eigenvalue weighted by molar-refractivity contribution is -0.153. The predicted octanol–water partition coefficient (Wildman–Crippen LogP) is 1.55. The number of esters is 1. The lowest BCUT2D eigenvalue weighted by atomic mass is 9.82. The van der Waals surface area contributed by atoms with Gasteiger partial charge in [-0.2, -0.15) is 5.01 Å². The molecule has 0 atom stereocenters. The highest BCUT2D eigenvalue weighted by molar-refractivity contribution is 6.08. The van der Waals surface area contributed by atoms with E-state index in [0.717, 1.165) is 24.8 Å². The Kier molecular flexibility index (Phi) is 4.56. The van der Waals surface area contributed by atoms with E-state index in [1.54, 1.807) is 0 Å². The van der Waals surface area contributed by atoms with Crippen LogP contribution in [0.1, 0.15) is 50.5 Å². The van der Waals surface area contributed by atoms with Gasteiger partial charge in [-0.1, -0.05) is 49.6 Å². The molecule has 4 amide bonds. The fourth-order valence-electron chi connectivity index (χ4n) is 4.14. The summed E-state index contributed by atoms with van der Waals surface area (Å²) in [6, 6.07) is 8.67.